The van der Waals surface area contributed by atoms with Crippen molar-refractivity contribution < 1.29 is 5.11 Å². The summed E-state index contributed by atoms with van der Waals surface area (Å²) in [6, 6.07) is 2.67. The Balaban J connectivity index is 1.92. The van der Waals surface area contributed by atoms with Crippen molar-refractivity contribution in [2.45, 2.75) is 19.0 Å². The Labute approximate surface area is 94.7 Å². The van der Waals surface area contributed by atoms with Crippen molar-refractivity contribution in [3.05, 3.63) is 22.4 Å². The van der Waals surface area contributed by atoms with Crippen molar-refractivity contribution in [1.82, 2.24) is 10.2 Å². The van der Waals surface area contributed by atoms with Crippen LogP contribution in [0.2, 0.25) is 0 Å². The van der Waals surface area contributed by atoms with Crippen molar-refractivity contribution in [3.63, 3.8) is 0 Å². The fourth-order valence-electron chi connectivity index (χ4n) is 2.06. The molecule has 3 nitrogen and oxygen atoms in total. The minimum Gasteiger partial charge on any atom is -0.396 e. The predicted octanol–water partition coefficient (Wildman–Crippen LogP) is 0.904. The Morgan fingerprint density at radius 3 is 3.27 bits per heavy atom. The largest absolute Gasteiger partial charge is 0.396 e. The fraction of sp³-hybridized carbons (Fsp3) is 0.636. The monoisotopic (exact) mass is 226 g/mol. The van der Waals surface area contributed by atoms with E-state index < -0.39 is 0 Å². The maximum atomic E-state index is 9.01. The molecule has 1 unspecified atom stereocenters. The molecule has 1 aliphatic rings. The summed E-state index contributed by atoms with van der Waals surface area (Å²) in [5.41, 5.74) is 1.39. The van der Waals surface area contributed by atoms with Gasteiger partial charge < -0.3 is 10.4 Å². The van der Waals surface area contributed by atoms with Gasteiger partial charge in [-0.2, -0.15) is 11.3 Å². The van der Waals surface area contributed by atoms with E-state index in [2.05, 4.69) is 27.0 Å². The zero-order valence-electron chi connectivity index (χ0n) is 8.85. The maximum absolute atomic E-state index is 9.01. The van der Waals surface area contributed by atoms with Crippen LogP contribution in [-0.4, -0.2) is 42.3 Å². The Kier molecular flexibility index (Phi) is 4.14. The summed E-state index contributed by atoms with van der Waals surface area (Å²) in [6.45, 7) is 4.46. The molecule has 1 atom stereocenters. The molecule has 0 aliphatic carbocycles. The van der Waals surface area contributed by atoms with E-state index in [1.165, 1.54) is 5.56 Å². The zero-order chi connectivity index (χ0) is 10.5. The van der Waals surface area contributed by atoms with Gasteiger partial charge in [-0.05, 0) is 28.8 Å². The lowest BCUT2D eigenvalue weighted by Crippen LogP contribution is -2.50. The molecule has 1 fully saturated rings. The lowest BCUT2D eigenvalue weighted by atomic mass is 10.1. The molecule has 1 aromatic rings. The first-order valence-corrected chi connectivity index (χ1v) is 6.41. The van der Waals surface area contributed by atoms with Gasteiger partial charge >= 0.3 is 0 Å². The molecule has 0 saturated carbocycles. The van der Waals surface area contributed by atoms with Crippen LogP contribution in [-0.2, 0) is 6.54 Å². The SMILES string of the molecule is OCCC1CNCCN1Cc1ccsc1. The van der Waals surface area contributed by atoms with Gasteiger partial charge in [-0.15, -0.1) is 0 Å². The van der Waals surface area contributed by atoms with Crippen molar-refractivity contribution >= 4 is 11.3 Å². The number of aliphatic hydroxyl groups is 1. The Morgan fingerprint density at radius 2 is 2.53 bits per heavy atom. The third kappa shape index (κ3) is 3.01. The van der Waals surface area contributed by atoms with Gasteiger partial charge in [0.1, 0.15) is 0 Å². The summed E-state index contributed by atoms with van der Waals surface area (Å²) in [7, 11) is 0. The number of piperazine rings is 1. The maximum Gasteiger partial charge on any atom is 0.0446 e. The van der Waals surface area contributed by atoms with Crippen LogP contribution >= 0.6 is 11.3 Å². The number of hydrogen-bond donors (Lipinski definition) is 2. The molecule has 2 heterocycles. The molecule has 1 aliphatic heterocycles. The molecule has 15 heavy (non-hydrogen) atoms. The second kappa shape index (κ2) is 5.61. The van der Waals surface area contributed by atoms with Gasteiger partial charge in [-0.3, -0.25) is 4.90 Å². The smallest absolute Gasteiger partial charge is 0.0446 e. The highest BCUT2D eigenvalue weighted by molar-refractivity contribution is 7.07. The molecule has 2 rings (SSSR count). The van der Waals surface area contributed by atoms with E-state index in [1.807, 2.05) is 0 Å². The van der Waals surface area contributed by atoms with E-state index in [0.717, 1.165) is 32.6 Å². The van der Waals surface area contributed by atoms with Gasteiger partial charge in [0.2, 0.25) is 0 Å². The first-order chi connectivity index (χ1) is 7.40. The van der Waals surface area contributed by atoms with Gasteiger partial charge in [-0.25, -0.2) is 0 Å². The van der Waals surface area contributed by atoms with E-state index in [4.69, 9.17) is 5.11 Å². The first-order valence-electron chi connectivity index (χ1n) is 5.47. The zero-order valence-corrected chi connectivity index (χ0v) is 9.67. The molecule has 0 amide bonds. The van der Waals surface area contributed by atoms with Crippen LogP contribution < -0.4 is 5.32 Å². The molecule has 0 spiro atoms. The standard InChI is InChI=1S/C11H18N2OS/c14-5-1-11-7-12-3-4-13(11)8-10-2-6-15-9-10/h2,6,9,11-12,14H,1,3-5,7-8H2. The van der Waals surface area contributed by atoms with E-state index in [-0.39, 0.29) is 6.61 Å². The van der Waals surface area contributed by atoms with E-state index >= 15 is 0 Å². The van der Waals surface area contributed by atoms with Crippen molar-refractivity contribution in [2.24, 2.45) is 0 Å². The van der Waals surface area contributed by atoms with E-state index in [0.29, 0.717) is 6.04 Å². The van der Waals surface area contributed by atoms with Crippen molar-refractivity contribution in [2.75, 3.05) is 26.2 Å². The van der Waals surface area contributed by atoms with Crippen molar-refractivity contribution in [1.29, 1.82) is 0 Å². The molecular weight excluding hydrogens is 208 g/mol. The summed E-state index contributed by atoms with van der Waals surface area (Å²) in [5, 5.41) is 16.7. The van der Waals surface area contributed by atoms with Crippen LogP contribution in [0.15, 0.2) is 16.8 Å². The lowest BCUT2D eigenvalue weighted by Gasteiger charge is -2.35. The molecule has 1 aromatic heterocycles. The van der Waals surface area contributed by atoms with Crippen LogP contribution in [0.25, 0.3) is 0 Å². The first kappa shape index (κ1) is 11.1. The molecule has 1 saturated heterocycles. The van der Waals surface area contributed by atoms with Crippen LogP contribution in [0.4, 0.5) is 0 Å². The molecular formula is C11H18N2OS. The second-order valence-electron chi connectivity index (χ2n) is 3.97. The van der Waals surface area contributed by atoms with E-state index in [9.17, 15) is 0 Å². The average molecular weight is 226 g/mol. The minimum absolute atomic E-state index is 0.284. The Morgan fingerprint density at radius 1 is 1.60 bits per heavy atom. The highest BCUT2D eigenvalue weighted by Crippen LogP contribution is 2.14. The number of hydrogen-bond acceptors (Lipinski definition) is 4. The van der Waals surface area contributed by atoms with Crippen LogP contribution in [0.5, 0.6) is 0 Å². The molecule has 4 heteroatoms. The normalized spacial score (nSPS) is 23.1. The highest BCUT2D eigenvalue weighted by Gasteiger charge is 2.21. The fourth-order valence-corrected chi connectivity index (χ4v) is 2.72. The Bertz CT molecular complexity index is 274. The quantitative estimate of drug-likeness (QED) is 0.801. The van der Waals surface area contributed by atoms with E-state index in [1.54, 1.807) is 11.3 Å². The number of rotatable bonds is 4. The van der Waals surface area contributed by atoms with Crippen LogP contribution in [0.1, 0.15) is 12.0 Å². The summed E-state index contributed by atoms with van der Waals surface area (Å²) in [4.78, 5) is 2.47. The summed E-state index contributed by atoms with van der Waals surface area (Å²) >= 11 is 1.75. The molecule has 2 N–H and O–H groups in total. The second-order valence-corrected chi connectivity index (χ2v) is 4.75. The average Bonchev–Trinajstić information content (AvgIpc) is 2.74. The topological polar surface area (TPSA) is 35.5 Å². The number of nitrogens with zero attached hydrogens (tertiary/aromatic N) is 1. The van der Waals surface area contributed by atoms with Gasteiger partial charge in [-0.1, -0.05) is 0 Å². The number of nitrogens with one attached hydrogen (secondary N) is 1. The molecule has 84 valence electrons. The van der Waals surface area contributed by atoms with Gasteiger partial charge in [0.15, 0.2) is 0 Å². The number of aliphatic hydroxyl groups excluding tert-OH is 1. The Hall–Kier alpha value is -0.420. The molecule has 0 radical (unpaired) electrons. The molecule has 0 bridgehead atoms. The third-order valence-corrected chi connectivity index (χ3v) is 3.63. The van der Waals surface area contributed by atoms with Gasteiger partial charge in [0.25, 0.3) is 0 Å². The summed E-state index contributed by atoms with van der Waals surface area (Å²) in [5.74, 6) is 0. The summed E-state index contributed by atoms with van der Waals surface area (Å²) < 4.78 is 0. The lowest BCUT2D eigenvalue weighted by molar-refractivity contribution is 0.124. The summed E-state index contributed by atoms with van der Waals surface area (Å²) in [6.07, 6.45) is 0.872. The van der Waals surface area contributed by atoms with Gasteiger partial charge in [0, 0.05) is 38.8 Å². The van der Waals surface area contributed by atoms with Crippen molar-refractivity contribution in [3.8, 4) is 0 Å². The predicted molar refractivity (Wildman–Crippen MR) is 63.1 cm³/mol. The van der Waals surface area contributed by atoms with Gasteiger partial charge in [0.05, 0.1) is 0 Å². The van der Waals surface area contributed by atoms with Crippen LogP contribution in [0, 0.1) is 0 Å². The molecule has 0 aromatic carbocycles. The number of thiophene rings is 1. The highest BCUT2D eigenvalue weighted by atomic mass is 32.1. The third-order valence-electron chi connectivity index (χ3n) is 2.90. The minimum atomic E-state index is 0.284. The van der Waals surface area contributed by atoms with Crippen LogP contribution in [0.3, 0.4) is 0 Å².